The highest BCUT2D eigenvalue weighted by molar-refractivity contribution is 9.10. The highest BCUT2D eigenvalue weighted by atomic mass is 79.9. The van der Waals surface area contributed by atoms with E-state index in [9.17, 15) is 17.6 Å². The molecule has 0 saturated heterocycles. The number of alkyl halides is 8. The van der Waals surface area contributed by atoms with Gasteiger partial charge in [-0.2, -0.15) is 8.78 Å². The van der Waals surface area contributed by atoms with Gasteiger partial charge in [-0.3, -0.25) is 0 Å². The van der Waals surface area contributed by atoms with Crippen molar-refractivity contribution in [2.75, 3.05) is 0 Å². The van der Waals surface area contributed by atoms with E-state index < -0.39 is 21.0 Å². The molecule has 3 atom stereocenters. The lowest BCUT2D eigenvalue weighted by Crippen LogP contribution is -2.45. The number of hydrogen-bond acceptors (Lipinski definition) is 0. The minimum absolute atomic E-state index is 1.32. The topological polar surface area (TPSA) is 0 Å². The Balaban J connectivity index is -0.000000297. The lowest BCUT2D eigenvalue weighted by Gasteiger charge is -2.27. The van der Waals surface area contributed by atoms with E-state index in [0.717, 1.165) is 0 Å². The van der Waals surface area contributed by atoms with Gasteiger partial charge in [0.15, 0.2) is 5.63 Å². The maximum atomic E-state index is 12.8. The molecule has 0 N–H and O–H groups in total. The zero-order valence-electron chi connectivity index (χ0n) is 11.2. The Morgan fingerprint density at radius 3 is 1.45 bits per heavy atom. The number of allylic oxidation sites excluding steroid dienone is 2. The molecule has 0 heterocycles. The highest BCUT2D eigenvalue weighted by Crippen LogP contribution is 2.47. The van der Waals surface area contributed by atoms with Crippen LogP contribution in [0, 0.1) is 0 Å². The van der Waals surface area contributed by atoms with Gasteiger partial charge >= 0.3 is 4.83 Å². The molecule has 0 aromatic carbocycles. The Kier molecular flexibility index (Phi) is 16.9. The number of rotatable bonds is 5. The second kappa shape index (κ2) is 13.2. The Bertz CT molecular complexity index is 248. The molecule has 20 heavy (non-hydrogen) atoms. The maximum absolute atomic E-state index is 12.8. The molecule has 3 unspecified atom stereocenters. The lowest BCUT2D eigenvalue weighted by atomic mass is 10.3. The van der Waals surface area contributed by atoms with E-state index in [1.54, 1.807) is 28.1 Å². The second-order valence-corrected chi connectivity index (χ2v) is 5.76. The van der Waals surface area contributed by atoms with Crippen LogP contribution in [-0.4, -0.2) is 21.0 Å². The summed E-state index contributed by atoms with van der Waals surface area (Å²) in [5.41, 5.74) is -2.50. The van der Waals surface area contributed by atoms with E-state index in [0.29, 0.717) is 0 Å². The van der Waals surface area contributed by atoms with Crippen LogP contribution in [0.25, 0.3) is 0 Å². The van der Waals surface area contributed by atoms with Crippen LogP contribution in [0.15, 0.2) is 25.3 Å². The summed E-state index contributed by atoms with van der Waals surface area (Å²) in [5.74, 6) is 0. The van der Waals surface area contributed by atoms with Crippen LogP contribution in [-0.2, 0) is 0 Å². The van der Waals surface area contributed by atoms with E-state index in [4.69, 9.17) is 11.6 Å². The minimum atomic E-state index is -4.15. The molecule has 0 aliphatic carbocycles. The monoisotopic (exact) mass is 422 g/mol. The van der Waals surface area contributed by atoms with Gasteiger partial charge in [0, 0.05) is 0 Å². The van der Waals surface area contributed by atoms with Crippen molar-refractivity contribution in [1.82, 2.24) is 0 Å². The van der Waals surface area contributed by atoms with Gasteiger partial charge in [0.1, 0.15) is 5.38 Å². The molecule has 0 aromatic heterocycles. The first-order valence-corrected chi connectivity index (χ1v) is 7.58. The quantitative estimate of drug-likeness (QED) is 0.249. The predicted octanol–water partition coefficient (Wildman–Crippen LogP) is 7.19. The largest absolute Gasteiger partial charge is 0.350 e. The summed E-state index contributed by atoms with van der Waals surface area (Å²) in [7, 11) is 0. The molecule has 0 saturated carbocycles. The van der Waals surface area contributed by atoms with Crippen molar-refractivity contribution in [2.24, 2.45) is 0 Å². The van der Waals surface area contributed by atoms with E-state index in [-0.39, 0.29) is 0 Å². The van der Waals surface area contributed by atoms with Gasteiger partial charge in [-0.05, 0) is 15.9 Å². The fourth-order valence-corrected chi connectivity index (χ4v) is 1.18. The summed E-state index contributed by atoms with van der Waals surface area (Å²) in [4.78, 5) is -4.15. The SMILES string of the molecule is C=CC=C.CCCC.FC(Cl)C(Cl)C(F)(Cl)C(F)(F)Br. The van der Waals surface area contributed by atoms with Crippen LogP contribution in [0.2, 0.25) is 0 Å². The average Bonchev–Trinajstić information content (AvgIpc) is 2.36. The summed E-state index contributed by atoms with van der Waals surface area (Å²) >= 11 is 15.8. The minimum Gasteiger partial charge on any atom is -0.228 e. The number of unbranched alkanes of at least 4 members (excludes halogenated alkanes) is 1. The van der Waals surface area contributed by atoms with Crippen LogP contribution in [0.3, 0.4) is 0 Å². The molecular formula is C12H18BrCl3F4. The smallest absolute Gasteiger partial charge is 0.228 e. The third-order valence-corrected chi connectivity index (χ3v) is 3.90. The third-order valence-electron chi connectivity index (χ3n) is 1.61. The first-order valence-electron chi connectivity index (χ1n) is 5.54. The van der Waals surface area contributed by atoms with Crippen molar-refractivity contribution in [3.63, 3.8) is 0 Å². The van der Waals surface area contributed by atoms with Crippen molar-refractivity contribution < 1.29 is 17.6 Å². The van der Waals surface area contributed by atoms with Crippen molar-refractivity contribution in [1.29, 1.82) is 0 Å². The fraction of sp³-hybridized carbons (Fsp3) is 0.667. The molecule has 0 spiro atoms. The first kappa shape index (κ1) is 25.5. The van der Waals surface area contributed by atoms with Gasteiger partial charge in [0.05, 0.1) is 0 Å². The highest BCUT2D eigenvalue weighted by Gasteiger charge is 2.59. The third kappa shape index (κ3) is 12.3. The van der Waals surface area contributed by atoms with Gasteiger partial charge in [0.25, 0.3) is 5.13 Å². The van der Waals surface area contributed by atoms with E-state index >= 15 is 0 Å². The lowest BCUT2D eigenvalue weighted by molar-refractivity contribution is -0.0125. The summed E-state index contributed by atoms with van der Waals surface area (Å²) in [6, 6.07) is 0. The molecule has 0 rings (SSSR count). The van der Waals surface area contributed by atoms with Gasteiger partial charge in [-0.25, -0.2) is 8.78 Å². The fourth-order valence-electron chi connectivity index (χ4n) is 0.315. The summed E-state index contributed by atoms with van der Waals surface area (Å²) in [6.45, 7) is 11.1. The second-order valence-electron chi connectivity index (χ2n) is 3.33. The Morgan fingerprint density at radius 1 is 1.10 bits per heavy atom. The van der Waals surface area contributed by atoms with E-state index in [1.165, 1.54) is 12.8 Å². The Hall–Kier alpha value is 0.550. The van der Waals surface area contributed by atoms with Gasteiger partial charge < -0.3 is 0 Å². The predicted molar refractivity (Wildman–Crippen MR) is 84.9 cm³/mol. The van der Waals surface area contributed by atoms with Crippen molar-refractivity contribution >= 4 is 50.7 Å². The van der Waals surface area contributed by atoms with Crippen LogP contribution in [0.1, 0.15) is 26.7 Å². The van der Waals surface area contributed by atoms with Crippen molar-refractivity contribution in [2.45, 2.75) is 47.7 Å². The van der Waals surface area contributed by atoms with Crippen LogP contribution in [0.4, 0.5) is 17.6 Å². The molecule has 0 fully saturated rings. The standard InChI is InChI=1S/C4H2BrCl3F4.C4H10.C4H6/c5-4(11,12)3(8,10)1(6)2(7)9;2*1-3-4-2/h1-2H;3-4H2,1-2H3;3-4H,1-2H2. The summed E-state index contributed by atoms with van der Waals surface area (Å²) in [5, 5.41) is -6.12. The van der Waals surface area contributed by atoms with Gasteiger partial charge in [-0.1, -0.05) is 75.2 Å². The Labute approximate surface area is 141 Å². The number of hydrogen-bond donors (Lipinski definition) is 0. The van der Waals surface area contributed by atoms with Crippen LogP contribution in [0.5, 0.6) is 0 Å². The van der Waals surface area contributed by atoms with E-state index in [1.807, 2.05) is 0 Å². The molecular weight excluding hydrogens is 406 g/mol. The zero-order chi connectivity index (χ0) is 17.0. The molecule has 0 nitrogen and oxygen atoms in total. The maximum Gasteiger partial charge on any atom is 0.350 e. The average molecular weight is 425 g/mol. The first-order chi connectivity index (χ1) is 8.93. The number of halogens is 8. The Morgan fingerprint density at radius 2 is 1.40 bits per heavy atom. The van der Waals surface area contributed by atoms with Crippen LogP contribution < -0.4 is 0 Å². The molecule has 0 aromatic rings. The molecule has 0 amide bonds. The zero-order valence-corrected chi connectivity index (χ0v) is 15.0. The normalized spacial score (nSPS) is 16.3. The van der Waals surface area contributed by atoms with Gasteiger partial charge in [-0.15, -0.1) is 11.6 Å². The molecule has 0 aliphatic heterocycles. The molecule has 0 radical (unpaired) electrons. The van der Waals surface area contributed by atoms with Crippen LogP contribution >= 0.6 is 50.7 Å². The molecule has 0 bridgehead atoms. The molecule has 8 heteroatoms. The summed E-state index contributed by atoms with van der Waals surface area (Å²) < 4.78 is 49.3. The summed E-state index contributed by atoms with van der Waals surface area (Å²) in [6.07, 6.45) is 5.92. The van der Waals surface area contributed by atoms with Crippen molar-refractivity contribution in [3.05, 3.63) is 25.3 Å². The molecule has 0 aliphatic rings. The van der Waals surface area contributed by atoms with Gasteiger partial charge in [0.2, 0.25) is 0 Å². The van der Waals surface area contributed by atoms with Crippen molar-refractivity contribution in [3.8, 4) is 0 Å². The molecule has 122 valence electrons. The van der Waals surface area contributed by atoms with E-state index in [2.05, 4.69) is 50.2 Å².